The number of hydrogen-bond acceptors (Lipinski definition) is 6. The highest BCUT2D eigenvalue weighted by molar-refractivity contribution is 7.99. The number of nitriles is 1. The first kappa shape index (κ1) is 19.9. The van der Waals surface area contributed by atoms with Crippen LogP contribution < -0.4 is 10.1 Å². The average Bonchev–Trinajstić information content (AvgIpc) is 3.21. The predicted octanol–water partition coefficient (Wildman–Crippen LogP) is 5.47. The van der Waals surface area contributed by atoms with E-state index in [1.165, 1.54) is 11.3 Å². The minimum atomic E-state index is -0.248. The summed E-state index contributed by atoms with van der Waals surface area (Å²) in [5, 5.41) is 14.2. The number of hydrogen-bond donors (Lipinski definition) is 1. The summed E-state index contributed by atoms with van der Waals surface area (Å²) in [7, 11) is 0. The number of para-hydroxylation sites is 1. The number of rotatable bonds is 8. The van der Waals surface area contributed by atoms with Gasteiger partial charge in [-0.15, -0.1) is 23.1 Å². The highest BCUT2D eigenvalue weighted by atomic mass is 32.2. The molecule has 0 unspecified atom stereocenters. The molecule has 0 aliphatic carbocycles. The number of anilines is 1. The Labute approximate surface area is 172 Å². The summed E-state index contributed by atoms with van der Waals surface area (Å²) in [6.07, 6.45) is 0.463. The molecule has 0 atom stereocenters. The van der Waals surface area contributed by atoms with E-state index >= 15 is 0 Å². The van der Waals surface area contributed by atoms with E-state index in [9.17, 15) is 4.79 Å². The molecular weight excluding hydrogens is 390 g/mol. The van der Waals surface area contributed by atoms with Crippen LogP contribution in [0.3, 0.4) is 0 Å². The van der Waals surface area contributed by atoms with Gasteiger partial charge < -0.3 is 10.1 Å². The summed E-state index contributed by atoms with van der Waals surface area (Å²) in [4.78, 5) is 18.0. The van der Waals surface area contributed by atoms with Gasteiger partial charge in [-0.3, -0.25) is 4.79 Å². The van der Waals surface area contributed by atoms with E-state index < -0.39 is 0 Å². The Kier molecular flexibility index (Phi) is 7.06. The topological polar surface area (TPSA) is 75.0 Å². The Morgan fingerprint density at radius 1 is 1.25 bits per heavy atom. The molecule has 1 heterocycles. The molecule has 1 aromatic heterocycles. The van der Waals surface area contributed by atoms with Gasteiger partial charge in [-0.2, -0.15) is 5.26 Å². The molecule has 0 saturated heterocycles. The molecular formula is C21H19N3O2S2. The third-order valence-corrected chi connectivity index (χ3v) is 5.72. The van der Waals surface area contributed by atoms with Crippen molar-refractivity contribution in [2.45, 2.75) is 18.2 Å². The number of nitrogens with zero attached hydrogens (tertiary/aromatic N) is 2. The lowest BCUT2D eigenvalue weighted by Gasteiger charge is -2.09. The van der Waals surface area contributed by atoms with Gasteiger partial charge >= 0.3 is 0 Å². The van der Waals surface area contributed by atoms with Crippen molar-refractivity contribution in [1.29, 1.82) is 5.26 Å². The van der Waals surface area contributed by atoms with Gasteiger partial charge in [0.2, 0.25) is 0 Å². The fraction of sp³-hybridized carbons (Fsp3) is 0.190. The highest BCUT2D eigenvalue weighted by Gasteiger charge is 2.14. The Morgan fingerprint density at radius 3 is 2.79 bits per heavy atom. The highest BCUT2D eigenvalue weighted by Crippen LogP contribution is 2.29. The molecule has 3 aromatic rings. The van der Waals surface area contributed by atoms with Gasteiger partial charge in [-0.25, -0.2) is 4.98 Å². The van der Waals surface area contributed by atoms with Gasteiger partial charge in [0.1, 0.15) is 16.5 Å². The maximum atomic E-state index is 12.6. The second kappa shape index (κ2) is 9.93. The van der Waals surface area contributed by atoms with E-state index in [0.717, 1.165) is 26.9 Å². The van der Waals surface area contributed by atoms with Gasteiger partial charge in [0.15, 0.2) is 0 Å². The van der Waals surface area contributed by atoms with E-state index in [4.69, 9.17) is 10.00 Å². The number of nitrogens with one attached hydrogen (secondary N) is 1. The van der Waals surface area contributed by atoms with Crippen LogP contribution in [0.5, 0.6) is 5.75 Å². The SMILES string of the molecule is CCOc1ccc(-c2nc(C(=O)Nc3ccccc3SCCC#N)cs2)cc1. The number of thiazole rings is 1. The molecule has 0 fully saturated rings. The smallest absolute Gasteiger partial charge is 0.275 e. The molecule has 1 N–H and O–H groups in total. The van der Waals surface area contributed by atoms with Crippen LogP contribution in [-0.2, 0) is 0 Å². The van der Waals surface area contributed by atoms with Gasteiger partial charge in [0, 0.05) is 28.0 Å². The van der Waals surface area contributed by atoms with Crippen molar-refractivity contribution in [3.05, 3.63) is 59.6 Å². The average molecular weight is 410 g/mol. The van der Waals surface area contributed by atoms with Crippen LogP contribution in [0.25, 0.3) is 10.6 Å². The third-order valence-electron chi connectivity index (χ3n) is 3.76. The summed E-state index contributed by atoms with van der Waals surface area (Å²) in [5.41, 5.74) is 2.05. The van der Waals surface area contributed by atoms with Crippen molar-refractivity contribution >= 4 is 34.7 Å². The van der Waals surface area contributed by atoms with Crippen LogP contribution in [0.4, 0.5) is 5.69 Å². The zero-order valence-electron chi connectivity index (χ0n) is 15.3. The van der Waals surface area contributed by atoms with Crippen molar-refractivity contribution in [3.63, 3.8) is 0 Å². The van der Waals surface area contributed by atoms with Crippen LogP contribution in [-0.4, -0.2) is 23.3 Å². The van der Waals surface area contributed by atoms with Crippen molar-refractivity contribution in [2.24, 2.45) is 0 Å². The minimum Gasteiger partial charge on any atom is -0.494 e. The third kappa shape index (κ3) is 5.12. The number of benzene rings is 2. The summed E-state index contributed by atoms with van der Waals surface area (Å²) < 4.78 is 5.45. The van der Waals surface area contributed by atoms with E-state index in [1.807, 2.05) is 55.5 Å². The van der Waals surface area contributed by atoms with Crippen molar-refractivity contribution < 1.29 is 9.53 Å². The maximum Gasteiger partial charge on any atom is 0.275 e. The lowest BCUT2D eigenvalue weighted by atomic mass is 10.2. The monoisotopic (exact) mass is 409 g/mol. The van der Waals surface area contributed by atoms with Crippen LogP contribution in [0.1, 0.15) is 23.8 Å². The standard InChI is InChI=1S/C21H19N3O2S2/c1-2-26-16-10-8-15(9-11-16)21-24-18(14-28-21)20(25)23-17-6-3-4-7-19(17)27-13-5-12-22/h3-4,6-11,14H,2,5,13H2,1H3,(H,23,25). The summed E-state index contributed by atoms with van der Waals surface area (Å²) in [6, 6.07) is 17.4. The lowest BCUT2D eigenvalue weighted by Crippen LogP contribution is -2.13. The van der Waals surface area contributed by atoms with E-state index in [0.29, 0.717) is 24.5 Å². The summed E-state index contributed by atoms with van der Waals surface area (Å²) in [5.74, 6) is 1.25. The Balaban J connectivity index is 1.70. The molecule has 0 aliphatic rings. The fourth-order valence-electron chi connectivity index (χ4n) is 2.46. The molecule has 0 saturated carbocycles. The number of carbonyl (C=O) groups is 1. The molecule has 2 aromatic carbocycles. The van der Waals surface area contributed by atoms with Crippen molar-refractivity contribution in [3.8, 4) is 22.4 Å². The van der Waals surface area contributed by atoms with Crippen LogP contribution in [0, 0.1) is 11.3 Å². The summed E-state index contributed by atoms with van der Waals surface area (Å²) in [6.45, 7) is 2.57. The molecule has 0 aliphatic heterocycles. The van der Waals surface area contributed by atoms with E-state index in [2.05, 4.69) is 16.4 Å². The minimum absolute atomic E-state index is 0.248. The lowest BCUT2D eigenvalue weighted by molar-refractivity contribution is 0.102. The van der Waals surface area contributed by atoms with Crippen molar-refractivity contribution in [2.75, 3.05) is 17.7 Å². The first-order valence-electron chi connectivity index (χ1n) is 8.80. The molecule has 7 heteroatoms. The molecule has 0 bridgehead atoms. The van der Waals surface area contributed by atoms with Crippen LogP contribution in [0.15, 0.2) is 58.8 Å². The Bertz CT molecular complexity index is 978. The quantitative estimate of drug-likeness (QED) is 0.394. The second-order valence-electron chi connectivity index (χ2n) is 5.70. The zero-order chi connectivity index (χ0) is 19.8. The summed E-state index contributed by atoms with van der Waals surface area (Å²) >= 11 is 2.98. The van der Waals surface area contributed by atoms with Gasteiger partial charge in [0.25, 0.3) is 5.91 Å². The number of amides is 1. The van der Waals surface area contributed by atoms with Crippen LogP contribution in [0.2, 0.25) is 0 Å². The van der Waals surface area contributed by atoms with Gasteiger partial charge in [-0.1, -0.05) is 12.1 Å². The van der Waals surface area contributed by atoms with Crippen LogP contribution >= 0.6 is 23.1 Å². The Morgan fingerprint density at radius 2 is 2.04 bits per heavy atom. The largest absolute Gasteiger partial charge is 0.494 e. The van der Waals surface area contributed by atoms with E-state index in [1.54, 1.807) is 17.1 Å². The maximum absolute atomic E-state index is 12.6. The molecule has 3 rings (SSSR count). The predicted molar refractivity (Wildman–Crippen MR) is 114 cm³/mol. The number of carbonyl (C=O) groups excluding carboxylic acids is 1. The molecule has 28 heavy (non-hydrogen) atoms. The number of ether oxygens (including phenoxy) is 1. The molecule has 5 nitrogen and oxygen atoms in total. The number of thioether (sulfide) groups is 1. The Hall–Kier alpha value is -2.82. The molecule has 1 amide bonds. The first-order valence-corrected chi connectivity index (χ1v) is 10.7. The molecule has 142 valence electrons. The zero-order valence-corrected chi connectivity index (χ0v) is 17.0. The normalized spacial score (nSPS) is 10.3. The van der Waals surface area contributed by atoms with E-state index in [-0.39, 0.29) is 5.91 Å². The second-order valence-corrected chi connectivity index (χ2v) is 7.70. The molecule has 0 radical (unpaired) electrons. The van der Waals surface area contributed by atoms with Gasteiger partial charge in [0.05, 0.1) is 18.4 Å². The fourth-order valence-corrected chi connectivity index (χ4v) is 4.13. The molecule has 0 spiro atoms. The number of aromatic nitrogens is 1. The first-order chi connectivity index (χ1) is 13.7. The van der Waals surface area contributed by atoms with Gasteiger partial charge in [-0.05, 0) is 43.3 Å². The van der Waals surface area contributed by atoms with Crippen molar-refractivity contribution in [1.82, 2.24) is 4.98 Å².